The Morgan fingerprint density at radius 1 is 1.00 bits per heavy atom. The summed E-state index contributed by atoms with van der Waals surface area (Å²) in [5.74, 6) is 0.0698. The van der Waals surface area contributed by atoms with E-state index in [0.717, 1.165) is 5.56 Å². The fraction of sp³-hybridized carbons (Fsp3) is 0.412. The molecule has 2 N–H and O–H groups in total. The molecule has 23 heavy (non-hydrogen) atoms. The van der Waals surface area contributed by atoms with E-state index in [2.05, 4.69) is 10.6 Å². The maximum atomic E-state index is 12.3. The second-order valence-electron chi connectivity index (χ2n) is 6.19. The number of carbonyl (C=O) groups excluding carboxylic acids is 2. The summed E-state index contributed by atoms with van der Waals surface area (Å²) in [6.07, 6.45) is 3.78. The van der Waals surface area contributed by atoms with Crippen molar-refractivity contribution >= 4 is 18.1 Å². The molecular formula is C17H22N4O2. The normalized spacial score (nSPS) is 30.9. The van der Waals surface area contributed by atoms with Gasteiger partial charge in [0.2, 0.25) is 0 Å². The maximum Gasteiger partial charge on any atom is 0.319 e. The molecule has 2 saturated heterocycles. The highest BCUT2D eigenvalue weighted by molar-refractivity contribution is 5.80. The molecule has 6 nitrogen and oxygen atoms in total. The number of urea groups is 2. The summed E-state index contributed by atoms with van der Waals surface area (Å²) in [5.41, 5.74) is 1.09. The van der Waals surface area contributed by atoms with Crippen molar-refractivity contribution in [2.45, 2.75) is 25.2 Å². The molecule has 1 aromatic carbocycles. The number of nitrogens with one attached hydrogen (secondary N) is 2. The minimum Gasteiger partial charge on any atom is -0.335 e. The fourth-order valence-corrected chi connectivity index (χ4v) is 3.38. The predicted octanol–water partition coefficient (Wildman–Crippen LogP) is 1.71. The van der Waals surface area contributed by atoms with E-state index < -0.39 is 0 Å². The van der Waals surface area contributed by atoms with Crippen LogP contribution < -0.4 is 10.6 Å². The molecule has 0 aromatic heterocycles. The second kappa shape index (κ2) is 5.95. The predicted molar refractivity (Wildman–Crippen MR) is 88.6 cm³/mol. The van der Waals surface area contributed by atoms with Gasteiger partial charge in [0.15, 0.2) is 0 Å². The van der Waals surface area contributed by atoms with Gasteiger partial charge >= 0.3 is 12.1 Å². The van der Waals surface area contributed by atoms with E-state index >= 15 is 0 Å². The Balaban J connectivity index is 1.91. The highest BCUT2D eigenvalue weighted by Crippen LogP contribution is 2.29. The van der Waals surface area contributed by atoms with Crippen LogP contribution in [0.1, 0.15) is 12.5 Å². The van der Waals surface area contributed by atoms with Gasteiger partial charge in [0.05, 0.1) is 6.04 Å². The number of hydrogen-bond donors (Lipinski definition) is 2. The molecule has 2 heterocycles. The van der Waals surface area contributed by atoms with Gasteiger partial charge in [0, 0.05) is 26.1 Å². The third-order valence-electron chi connectivity index (χ3n) is 4.75. The minimum absolute atomic E-state index is 0.0304. The lowest BCUT2D eigenvalue weighted by atomic mass is 9.84. The van der Waals surface area contributed by atoms with E-state index in [9.17, 15) is 9.59 Å². The first-order valence-corrected chi connectivity index (χ1v) is 7.79. The van der Waals surface area contributed by atoms with Crippen LogP contribution in [0.25, 0.3) is 6.08 Å². The van der Waals surface area contributed by atoms with Gasteiger partial charge in [-0.2, -0.15) is 0 Å². The molecule has 6 heteroatoms. The second-order valence-corrected chi connectivity index (χ2v) is 6.19. The fourth-order valence-electron chi connectivity index (χ4n) is 3.38. The van der Waals surface area contributed by atoms with Crippen molar-refractivity contribution in [1.29, 1.82) is 0 Å². The number of fused-ring (bicyclic) bond motifs is 1. The molecule has 2 fully saturated rings. The zero-order valence-electron chi connectivity index (χ0n) is 13.6. The van der Waals surface area contributed by atoms with Gasteiger partial charge in [0.25, 0.3) is 0 Å². The van der Waals surface area contributed by atoms with Crippen LogP contribution in [0.15, 0.2) is 36.4 Å². The number of hydrogen-bond acceptors (Lipinski definition) is 2. The van der Waals surface area contributed by atoms with Crippen molar-refractivity contribution in [3.63, 3.8) is 0 Å². The molecule has 122 valence electrons. The summed E-state index contributed by atoms with van der Waals surface area (Å²) in [6.45, 7) is 1.98. The molecule has 4 atom stereocenters. The van der Waals surface area contributed by atoms with Crippen LogP contribution in [-0.2, 0) is 0 Å². The van der Waals surface area contributed by atoms with Crippen LogP contribution in [0, 0.1) is 5.92 Å². The third kappa shape index (κ3) is 2.76. The monoisotopic (exact) mass is 314 g/mol. The lowest BCUT2D eigenvalue weighted by Crippen LogP contribution is -2.73. The minimum atomic E-state index is -0.298. The van der Waals surface area contributed by atoms with Crippen LogP contribution in [0.4, 0.5) is 9.59 Å². The Hall–Kier alpha value is -2.50. The summed E-state index contributed by atoms with van der Waals surface area (Å²) >= 11 is 0. The number of rotatable bonds is 2. The van der Waals surface area contributed by atoms with Gasteiger partial charge in [-0.05, 0) is 12.5 Å². The maximum absolute atomic E-state index is 12.3. The first-order chi connectivity index (χ1) is 11.0. The lowest BCUT2D eigenvalue weighted by molar-refractivity contribution is 0.0407. The van der Waals surface area contributed by atoms with Crippen LogP contribution in [0.2, 0.25) is 0 Å². The summed E-state index contributed by atoms with van der Waals surface area (Å²) in [6, 6.07) is 9.54. The standard InChI is InChI=1S/C17H22N4O2/c1-11-14-13(10-9-12-7-5-4-6-8-12)20(2)17(23)19-15(14)21(3)16(22)18-11/h4-11,13-15H,1-3H3,(H,18,22)(H,19,23)/t11-,13-,14-,15+/m1/s1. The summed E-state index contributed by atoms with van der Waals surface area (Å²) < 4.78 is 0. The van der Waals surface area contributed by atoms with Gasteiger partial charge in [-0.25, -0.2) is 9.59 Å². The Morgan fingerprint density at radius 3 is 2.35 bits per heavy atom. The number of nitrogens with zero attached hydrogens (tertiary/aromatic N) is 2. The number of carbonyl (C=O) groups is 2. The third-order valence-corrected chi connectivity index (χ3v) is 4.75. The van der Waals surface area contributed by atoms with E-state index in [1.54, 1.807) is 23.9 Å². The van der Waals surface area contributed by atoms with E-state index in [1.165, 1.54) is 0 Å². The van der Waals surface area contributed by atoms with E-state index in [-0.39, 0.29) is 36.2 Å². The van der Waals surface area contributed by atoms with Gasteiger partial charge < -0.3 is 20.4 Å². The first kappa shape index (κ1) is 15.4. The number of amides is 4. The zero-order valence-corrected chi connectivity index (χ0v) is 13.6. The van der Waals surface area contributed by atoms with Crippen molar-refractivity contribution in [3.8, 4) is 0 Å². The molecule has 0 bridgehead atoms. The van der Waals surface area contributed by atoms with Crippen LogP contribution in [0.5, 0.6) is 0 Å². The van der Waals surface area contributed by atoms with Crippen molar-refractivity contribution in [2.24, 2.45) is 5.92 Å². The van der Waals surface area contributed by atoms with E-state index in [4.69, 9.17) is 0 Å². The van der Waals surface area contributed by atoms with Crippen molar-refractivity contribution in [3.05, 3.63) is 42.0 Å². The van der Waals surface area contributed by atoms with Crippen molar-refractivity contribution in [1.82, 2.24) is 20.4 Å². The molecule has 0 aliphatic carbocycles. The average molecular weight is 314 g/mol. The highest BCUT2D eigenvalue weighted by atomic mass is 16.2. The van der Waals surface area contributed by atoms with Gasteiger partial charge in [-0.1, -0.05) is 42.5 Å². The number of benzene rings is 1. The molecule has 0 unspecified atom stereocenters. The van der Waals surface area contributed by atoms with Crippen LogP contribution in [-0.4, -0.2) is 54.2 Å². The quantitative estimate of drug-likeness (QED) is 0.873. The lowest BCUT2D eigenvalue weighted by Gasteiger charge is -2.51. The summed E-state index contributed by atoms with van der Waals surface area (Å²) in [4.78, 5) is 27.5. The summed E-state index contributed by atoms with van der Waals surface area (Å²) in [5, 5.41) is 5.89. The molecule has 2 aliphatic rings. The summed E-state index contributed by atoms with van der Waals surface area (Å²) in [7, 11) is 3.50. The van der Waals surface area contributed by atoms with Gasteiger partial charge in [-0.15, -0.1) is 0 Å². The first-order valence-electron chi connectivity index (χ1n) is 7.79. The van der Waals surface area contributed by atoms with E-state index in [0.29, 0.717) is 0 Å². The van der Waals surface area contributed by atoms with Crippen molar-refractivity contribution < 1.29 is 9.59 Å². The average Bonchev–Trinajstić information content (AvgIpc) is 2.54. The van der Waals surface area contributed by atoms with E-state index in [1.807, 2.05) is 49.4 Å². The largest absolute Gasteiger partial charge is 0.335 e. The zero-order chi connectivity index (χ0) is 16.6. The molecule has 3 rings (SSSR count). The van der Waals surface area contributed by atoms with Crippen LogP contribution >= 0.6 is 0 Å². The van der Waals surface area contributed by atoms with Crippen LogP contribution in [0.3, 0.4) is 0 Å². The number of likely N-dealkylation sites (N-methyl/N-ethyl adjacent to an activating group) is 1. The highest BCUT2D eigenvalue weighted by Gasteiger charge is 2.48. The topological polar surface area (TPSA) is 64.7 Å². The molecule has 1 aromatic rings. The Labute approximate surface area is 136 Å². The Bertz CT molecular complexity index is 631. The molecule has 0 saturated carbocycles. The van der Waals surface area contributed by atoms with Crippen molar-refractivity contribution in [2.75, 3.05) is 14.1 Å². The Kier molecular flexibility index (Phi) is 3.98. The smallest absolute Gasteiger partial charge is 0.319 e. The van der Waals surface area contributed by atoms with Gasteiger partial charge in [0.1, 0.15) is 6.17 Å². The molecular weight excluding hydrogens is 292 g/mol. The van der Waals surface area contributed by atoms with Gasteiger partial charge in [-0.3, -0.25) is 0 Å². The Morgan fingerprint density at radius 2 is 1.65 bits per heavy atom. The molecule has 4 amide bonds. The molecule has 0 spiro atoms. The molecule has 2 aliphatic heterocycles. The molecule has 0 radical (unpaired) electrons. The SMILES string of the molecule is C[C@H]1NC(=O)N(C)[C@@H]2NC(=O)N(C)[C@H](C=Cc3ccccc3)[C@H]21.